The number of rotatable bonds is 3. The van der Waals surface area contributed by atoms with E-state index < -0.39 is 0 Å². The summed E-state index contributed by atoms with van der Waals surface area (Å²) in [5.41, 5.74) is 7.96. The molecule has 0 amide bonds. The number of nitrogens with zero attached hydrogens (tertiary/aromatic N) is 1. The van der Waals surface area contributed by atoms with Crippen LogP contribution in [0.15, 0.2) is 39.8 Å². The number of allylic oxidation sites excluding steroid dienone is 4. The molecule has 0 N–H and O–H groups in total. The second-order valence-corrected chi connectivity index (χ2v) is 7.36. The van der Waals surface area contributed by atoms with E-state index in [1.165, 1.54) is 29.9 Å². The van der Waals surface area contributed by atoms with Crippen molar-refractivity contribution in [1.82, 2.24) is 0 Å². The van der Waals surface area contributed by atoms with Crippen LogP contribution in [0.4, 0.5) is 0 Å². The van der Waals surface area contributed by atoms with Crippen LogP contribution < -0.4 is 0 Å². The van der Waals surface area contributed by atoms with E-state index in [0.29, 0.717) is 0 Å². The summed E-state index contributed by atoms with van der Waals surface area (Å²) in [6.45, 7) is 4.62. The molecule has 1 heterocycles. The molecule has 2 heteroatoms. The summed E-state index contributed by atoms with van der Waals surface area (Å²) < 4.78 is 2.32. The predicted octanol–water partition coefficient (Wildman–Crippen LogP) is 4.65. The Bertz CT molecular complexity index is 606. The van der Waals surface area contributed by atoms with Gasteiger partial charge in [-0.3, -0.25) is 0 Å². The largest absolute Gasteiger partial charge is 0.234 e. The lowest BCUT2D eigenvalue weighted by atomic mass is 9.82. The maximum absolute atomic E-state index is 2.32. The first-order valence-corrected chi connectivity index (χ1v) is 8.41. The highest BCUT2D eigenvalue weighted by Gasteiger charge is 2.34. The van der Waals surface area contributed by atoms with E-state index in [2.05, 4.69) is 50.0 Å². The molecule has 0 saturated heterocycles. The standard InChI is InChI=1S/C18H24NS/c1-12-10-15(14-7-8-14)16(11-13(12)2)18(19(3)4)17-6-5-9-20-17/h5-6,9,14H,7-8,10-11H2,1-4H3/q+1. The zero-order valence-electron chi connectivity index (χ0n) is 13.0. The van der Waals surface area contributed by atoms with Gasteiger partial charge in [-0.25, -0.2) is 4.58 Å². The van der Waals surface area contributed by atoms with Crippen LogP contribution in [0.25, 0.3) is 0 Å². The second kappa shape index (κ2) is 5.33. The fourth-order valence-electron chi connectivity index (χ4n) is 3.18. The Morgan fingerprint density at radius 1 is 1.15 bits per heavy atom. The molecule has 20 heavy (non-hydrogen) atoms. The molecular formula is C18H24NS+. The Balaban J connectivity index is 2.09. The maximum Gasteiger partial charge on any atom is 0.220 e. The average Bonchev–Trinajstić information content (AvgIpc) is 3.10. The molecule has 0 atom stereocenters. The monoisotopic (exact) mass is 286 g/mol. The van der Waals surface area contributed by atoms with Gasteiger partial charge < -0.3 is 0 Å². The van der Waals surface area contributed by atoms with Gasteiger partial charge in [-0.05, 0) is 56.9 Å². The van der Waals surface area contributed by atoms with Gasteiger partial charge in [-0.2, -0.15) is 0 Å². The molecule has 0 aromatic carbocycles. The molecule has 2 aliphatic rings. The van der Waals surface area contributed by atoms with Gasteiger partial charge in [0.05, 0.1) is 4.88 Å². The number of hydrogen-bond acceptors (Lipinski definition) is 1. The molecule has 1 nitrogen and oxygen atoms in total. The molecule has 0 spiro atoms. The molecule has 2 aliphatic carbocycles. The zero-order chi connectivity index (χ0) is 14.3. The van der Waals surface area contributed by atoms with Crippen molar-refractivity contribution in [3.63, 3.8) is 0 Å². The Labute approximate surface area is 126 Å². The van der Waals surface area contributed by atoms with E-state index in [0.717, 1.165) is 12.3 Å². The van der Waals surface area contributed by atoms with E-state index in [1.54, 1.807) is 22.3 Å². The first kappa shape index (κ1) is 13.8. The molecule has 0 aliphatic heterocycles. The van der Waals surface area contributed by atoms with Crippen LogP contribution in [0.2, 0.25) is 0 Å². The highest BCUT2D eigenvalue weighted by molar-refractivity contribution is 7.12. The molecule has 3 rings (SSSR count). The lowest BCUT2D eigenvalue weighted by molar-refractivity contribution is -0.463. The summed E-state index contributed by atoms with van der Waals surface area (Å²) in [4.78, 5) is 1.41. The lowest BCUT2D eigenvalue weighted by Crippen LogP contribution is -2.21. The van der Waals surface area contributed by atoms with Gasteiger partial charge >= 0.3 is 0 Å². The van der Waals surface area contributed by atoms with Crippen LogP contribution in [0.3, 0.4) is 0 Å². The van der Waals surface area contributed by atoms with Crippen molar-refractivity contribution >= 4 is 17.0 Å². The zero-order valence-corrected chi connectivity index (χ0v) is 13.8. The first-order chi connectivity index (χ1) is 9.58. The summed E-state index contributed by atoms with van der Waals surface area (Å²) in [6, 6.07) is 4.43. The van der Waals surface area contributed by atoms with E-state index in [9.17, 15) is 0 Å². The molecule has 1 aromatic heterocycles. The minimum atomic E-state index is 0.864. The van der Waals surface area contributed by atoms with Crippen molar-refractivity contribution < 1.29 is 4.58 Å². The van der Waals surface area contributed by atoms with E-state index >= 15 is 0 Å². The first-order valence-electron chi connectivity index (χ1n) is 7.53. The predicted molar refractivity (Wildman–Crippen MR) is 87.9 cm³/mol. The van der Waals surface area contributed by atoms with Crippen LogP contribution in [0, 0.1) is 5.92 Å². The SMILES string of the molecule is CC1=C(C)CC(C2CC2)=C(C(c2cccs2)=[N+](C)C)C1. The molecule has 0 radical (unpaired) electrons. The molecule has 1 fully saturated rings. The van der Waals surface area contributed by atoms with Gasteiger partial charge in [0.1, 0.15) is 14.1 Å². The fraction of sp³-hybridized carbons (Fsp3) is 0.500. The van der Waals surface area contributed by atoms with Crippen LogP contribution in [-0.2, 0) is 0 Å². The summed E-state index contributed by atoms with van der Waals surface area (Å²) in [5, 5.41) is 2.19. The van der Waals surface area contributed by atoms with E-state index in [-0.39, 0.29) is 0 Å². The molecular weight excluding hydrogens is 262 g/mol. The highest BCUT2D eigenvalue weighted by Crippen LogP contribution is 2.45. The molecule has 1 aromatic rings. The van der Waals surface area contributed by atoms with Crippen LogP contribution in [0.1, 0.15) is 44.4 Å². The van der Waals surface area contributed by atoms with Crippen molar-refractivity contribution in [3.05, 3.63) is 44.7 Å². The summed E-state index contributed by atoms with van der Waals surface area (Å²) >= 11 is 1.86. The Kier molecular flexibility index (Phi) is 3.68. The van der Waals surface area contributed by atoms with E-state index in [4.69, 9.17) is 0 Å². The van der Waals surface area contributed by atoms with Crippen LogP contribution >= 0.6 is 11.3 Å². The molecule has 0 unspecified atom stereocenters. The highest BCUT2D eigenvalue weighted by atomic mass is 32.1. The van der Waals surface area contributed by atoms with Gasteiger partial charge in [0.2, 0.25) is 5.71 Å². The third-order valence-electron chi connectivity index (χ3n) is 4.57. The van der Waals surface area contributed by atoms with Crippen molar-refractivity contribution in [2.24, 2.45) is 5.92 Å². The topological polar surface area (TPSA) is 3.01 Å². The Morgan fingerprint density at radius 3 is 2.40 bits per heavy atom. The Morgan fingerprint density at radius 2 is 1.85 bits per heavy atom. The quantitative estimate of drug-likeness (QED) is 0.432. The van der Waals surface area contributed by atoms with Gasteiger partial charge in [0.25, 0.3) is 0 Å². The minimum Gasteiger partial charge on any atom is -0.234 e. The number of thiophene rings is 1. The van der Waals surface area contributed by atoms with Gasteiger partial charge in [0, 0.05) is 5.57 Å². The van der Waals surface area contributed by atoms with Crippen molar-refractivity contribution in [3.8, 4) is 0 Å². The number of hydrogen-bond donors (Lipinski definition) is 0. The van der Waals surface area contributed by atoms with Gasteiger partial charge in [0.15, 0.2) is 0 Å². The molecule has 106 valence electrons. The van der Waals surface area contributed by atoms with Gasteiger partial charge in [-0.15, -0.1) is 11.3 Å². The summed E-state index contributed by atoms with van der Waals surface area (Å²) in [5.74, 6) is 0.864. The second-order valence-electron chi connectivity index (χ2n) is 6.41. The average molecular weight is 286 g/mol. The van der Waals surface area contributed by atoms with E-state index in [1.807, 2.05) is 11.3 Å². The molecule has 1 saturated carbocycles. The Hall–Kier alpha value is -1.15. The maximum atomic E-state index is 2.32. The summed E-state index contributed by atoms with van der Waals surface area (Å²) in [7, 11) is 4.38. The van der Waals surface area contributed by atoms with Crippen LogP contribution in [0.5, 0.6) is 0 Å². The van der Waals surface area contributed by atoms with Crippen LogP contribution in [-0.4, -0.2) is 24.4 Å². The molecule has 0 bridgehead atoms. The van der Waals surface area contributed by atoms with Crippen molar-refractivity contribution in [1.29, 1.82) is 0 Å². The smallest absolute Gasteiger partial charge is 0.220 e. The lowest BCUT2D eigenvalue weighted by Gasteiger charge is -2.22. The fourth-order valence-corrected chi connectivity index (χ4v) is 4.06. The minimum absolute atomic E-state index is 0.864. The normalized spacial score (nSPS) is 19.6. The van der Waals surface area contributed by atoms with Gasteiger partial charge in [-0.1, -0.05) is 22.8 Å². The van der Waals surface area contributed by atoms with Crippen molar-refractivity contribution in [2.75, 3.05) is 14.1 Å². The van der Waals surface area contributed by atoms with Crippen molar-refractivity contribution in [2.45, 2.75) is 39.5 Å². The summed E-state index contributed by atoms with van der Waals surface area (Å²) in [6.07, 6.45) is 5.14. The third-order valence-corrected chi connectivity index (χ3v) is 5.45. The third kappa shape index (κ3) is 2.54.